The Kier molecular flexibility index (Phi) is 7.37. The summed E-state index contributed by atoms with van der Waals surface area (Å²) in [6, 6.07) is 28.7. The molecule has 0 radical (unpaired) electrons. The molecule has 2 aliphatic rings. The molecule has 0 atom stereocenters. The van der Waals surface area contributed by atoms with Crippen LogP contribution in [0.25, 0.3) is 28.0 Å². The molecule has 5 aromatic rings. The zero-order chi connectivity index (χ0) is 32.0. The molecule has 2 aliphatic heterocycles. The van der Waals surface area contributed by atoms with Crippen molar-refractivity contribution in [1.82, 2.24) is 3.97 Å². The Morgan fingerprint density at radius 2 is 1.20 bits per heavy atom. The van der Waals surface area contributed by atoms with Gasteiger partial charge in [-0.3, -0.25) is 0 Å². The van der Waals surface area contributed by atoms with E-state index in [-0.39, 0.29) is 23.2 Å². The quantitative estimate of drug-likeness (QED) is 0.166. The molecule has 0 aliphatic carbocycles. The number of aromatic hydroxyl groups is 2. The predicted molar refractivity (Wildman–Crippen MR) is 179 cm³/mol. The third-order valence-corrected chi connectivity index (χ3v) is 9.41. The van der Waals surface area contributed by atoms with Crippen molar-refractivity contribution < 1.29 is 31.4 Å². The predicted octanol–water partition coefficient (Wildman–Crippen LogP) is 8.92. The lowest BCUT2D eigenvalue weighted by Gasteiger charge is -2.27. The first-order valence-corrected chi connectivity index (χ1v) is 16.2. The van der Waals surface area contributed by atoms with Crippen LogP contribution in [0.1, 0.15) is 25.0 Å². The number of nitrogens with zero attached hydrogens (tertiary/aromatic N) is 3. The Bertz CT molecular complexity index is 2030. The van der Waals surface area contributed by atoms with Gasteiger partial charge in [0.05, 0.1) is 30.0 Å². The van der Waals surface area contributed by atoms with Crippen molar-refractivity contribution in [1.29, 1.82) is 0 Å². The lowest BCUT2D eigenvalue weighted by Crippen LogP contribution is -2.29. The molecule has 0 amide bonds. The van der Waals surface area contributed by atoms with E-state index in [0.29, 0.717) is 69.5 Å². The summed E-state index contributed by atoms with van der Waals surface area (Å²) in [4.78, 5) is 4.98. The lowest BCUT2D eigenvalue weighted by molar-refractivity contribution is -0.226. The summed E-state index contributed by atoms with van der Waals surface area (Å²) >= 11 is -4.81. The van der Waals surface area contributed by atoms with Gasteiger partial charge in [0.15, 0.2) is 5.71 Å². The van der Waals surface area contributed by atoms with Crippen LogP contribution in [-0.4, -0.2) is 42.9 Å². The van der Waals surface area contributed by atoms with Crippen molar-refractivity contribution in [2.24, 2.45) is 4.99 Å². The SMILES string of the molecule is CCOc1ccc(C2=[N+]3C(=Nc4c(-c5ccc(O)cc5)cc(-c5ccc(OCC)cc5)n4S3(F)F)C(c3ccc(O)cc3)=C2)cc1. The van der Waals surface area contributed by atoms with E-state index in [0.717, 1.165) is 7.95 Å². The van der Waals surface area contributed by atoms with E-state index in [2.05, 4.69) is 0 Å². The maximum Gasteiger partial charge on any atom is 0.349 e. The van der Waals surface area contributed by atoms with Crippen molar-refractivity contribution in [3.8, 4) is 45.4 Å². The molecule has 46 heavy (non-hydrogen) atoms. The maximum absolute atomic E-state index is 17.5. The number of allylic oxidation sites excluding steroid dienone is 1. The molecule has 0 spiro atoms. The fraction of sp³-hybridized carbons (Fsp3) is 0.111. The van der Waals surface area contributed by atoms with E-state index in [1.54, 1.807) is 84.9 Å². The maximum atomic E-state index is 17.5. The minimum absolute atomic E-state index is 0.0694. The first-order chi connectivity index (χ1) is 22.3. The van der Waals surface area contributed by atoms with E-state index < -0.39 is 11.2 Å². The average molecular weight is 639 g/mol. The number of fused-ring (bicyclic) bond motifs is 2. The fourth-order valence-electron chi connectivity index (χ4n) is 5.69. The summed E-state index contributed by atoms with van der Waals surface area (Å²) < 4.78 is 48.3. The van der Waals surface area contributed by atoms with Gasteiger partial charge >= 0.3 is 17.0 Å². The molecule has 0 fully saturated rings. The topological polar surface area (TPSA) is 79.2 Å². The van der Waals surface area contributed by atoms with Gasteiger partial charge in [-0.25, -0.2) is 0 Å². The van der Waals surface area contributed by atoms with Gasteiger partial charge in [-0.15, -0.1) is 3.98 Å². The average Bonchev–Trinajstić information content (AvgIpc) is 3.64. The summed E-state index contributed by atoms with van der Waals surface area (Å²) in [6.07, 6.45) is 1.73. The van der Waals surface area contributed by atoms with Crippen molar-refractivity contribution in [3.05, 3.63) is 120 Å². The number of aliphatic imine (C=N–C) groups is 1. The molecule has 3 heterocycles. The Hall–Kier alpha value is -5.35. The molecule has 4 aromatic carbocycles. The minimum Gasteiger partial charge on any atom is -0.508 e. The van der Waals surface area contributed by atoms with Crippen LogP contribution in [0.2, 0.25) is 0 Å². The standard InChI is InChI=1S/C36H29F2N3O4S/c1-3-44-29-17-9-25(10-18-29)33-21-31(23-5-13-27(42)14-6-23)35-39-36-32(24-7-15-28(43)16-8-24)22-34(41(36)46(37,38)40(33)35)26-11-19-30(20-12-26)45-4-2/h5-22H,3-4H2,1-2H3,(H,42,43)/p+1. The van der Waals surface area contributed by atoms with Gasteiger partial charge in [0.1, 0.15) is 23.0 Å². The Morgan fingerprint density at radius 1 is 0.696 bits per heavy atom. The van der Waals surface area contributed by atoms with Gasteiger partial charge in [0.25, 0.3) is 5.82 Å². The highest BCUT2D eigenvalue weighted by Gasteiger charge is 2.53. The van der Waals surface area contributed by atoms with E-state index in [1.807, 2.05) is 13.8 Å². The number of phenolic OH excluding ortho intramolecular Hbond substituents is 2. The van der Waals surface area contributed by atoms with E-state index in [4.69, 9.17) is 14.5 Å². The van der Waals surface area contributed by atoms with Gasteiger partial charge in [-0.05, 0) is 114 Å². The Labute approximate surface area is 266 Å². The summed E-state index contributed by atoms with van der Waals surface area (Å²) in [5, 5.41) is 19.9. The van der Waals surface area contributed by atoms with Crippen LogP contribution < -0.4 is 9.47 Å². The summed E-state index contributed by atoms with van der Waals surface area (Å²) in [7, 11) is 0. The van der Waals surface area contributed by atoms with Gasteiger partial charge in [-0.1, -0.05) is 32.0 Å². The molecule has 1 aromatic heterocycles. The highest BCUT2D eigenvalue weighted by atomic mass is 32.3. The Morgan fingerprint density at radius 3 is 1.74 bits per heavy atom. The number of phenols is 2. The molecule has 7 nitrogen and oxygen atoms in total. The highest BCUT2D eigenvalue weighted by Crippen LogP contribution is 2.64. The molecule has 7 rings (SSSR count). The molecule has 0 saturated carbocycles. The molecule has 0 unspecified atom stereocenters. The third kappa shape index (κ3) is 5.00. The molecular formula is C36H30F2N3O4S+. The summed E-state index contributed by atoms with van der Waals surface area (Å²) in [5.41, 5.74) is 4.03. The van der Waals surface area contributed by atoms with Crippen LogP contribution in [0.4, 0.5) is 13.6 Å². The Balaban J connectivity index is 1.50. The van der Waals surface area contributed by atoms with Gasteiger partial charge in [-0.2, -0.15) is 3.97 Å². The number of ether oxygens (including phenoxy) is 2. The second-order valence-corrected chi connectivity index (χ2v) is 12.2. The first-order valence-electron chi connectivity index (χ1n) is 14.8. The molecule has 0 saturated heterocycles. The number of amidine groups is 1. The van der Waals surface area contributed by atoms with E-state index >= 15 is 7.77 Å². The first kappa shape index (κ1) is 29.4. The van der Waals surface area contributed by atoms with Crippen LogP contribution in [-0.2, 0) is 0 Å². The smallest absolute Gasteiger partial charge is 0.349 e. The second-order valence-electron chi connectivity index (χ2n) is 10.7. The minimum atomic E-state index is -4.81. The van der Waals surface area contributed by atoms with Crippen LogP contribution in [0.15, 0.2) is 114 Å². The van der Waals surface area contributed by atoms with Crippen LogP contribution in [0.3, 0.4) is 0 Å². The summed E-state index contributed by atoms with van der Waals surface area (Å²) in [5.74, 6) is 1.64. The monoisotopic (exact) mass is 638 g/mol. The highest BCUT2D eigenvalue weighted by molar-refractivity contribution is 8.19. The molecule has 2 N–H and O–H groups in total. The molecule has 0 bridgehead atoms. The van der Waals surface area contributed by atoms with Crippen LogP contribution >= 0.6 is 11.2 Å². The van der Waals surface area contributed by atoms with Crippen molar-refractivity contribution >= 4 is 34.1 Å². The molecular weight excluding hydrogens is 608 g/mol. The number of benzene rings is 4. The normalized spacial score (nSPS) is 15.5. The zero-order valence-corrected chi connectivity index (χ0v) is 25.8. The van der Waals surface area contributed by atoms with Crippen LogP contribution in [0, 0.1) is 0 Å². The lowest BCUT2D eigenvalue weighted by atomic mass is 10.0. The number of aromatic nitrogens is 1. The number of halogens is 2. The number of rotatable bonds is 8. The summed E-state index contributed by atoms with van der Waals surface area (Å²) in [6.45, 7) is 4.74. The van der Waals surface area contributed by atoms with Crippen molar-refractivity contribution in [3.63, 3.8) is 0 Å². The second kappa shape index (κ2) is 11.5. The van der Waals surface area contributed by atoms with Crippen molar-refractivity contribution in [2.75, 3.05) is 13.2 Å². The van der Waals surface area contributed by atoms with Gasteiger partial charge in [0.2, 0.25) is 0 Å². The van der Waals surface area contributed by atoms with Gasteiger partial charge in [0, 0.05) is 11.6 Å². The van der Waals surface area contributed by atoms with Gasteiger partial charge < -0.3 is 19.7 Å². The number of hydrogen-bond acceptors (Lipinski definition) is 5. The number of hydrogen-bond donors (Lipinski definition) is 2. The zero-order valence-electron chi connectivity index (χ0n) is 25.0. The fourth-order valence-corrected chi connectivity index (χ4v) is 7.34. The van der Waals surface area contributed by atoms with Crippen LogP contribution in [0.5, 0.6) is 23.0 Å². The molecule has 10 heteroatoms. The largest absolute Gasteiger partial charge is 0.508 e. The third-order valence-electron chi connectivity index (χ3n) is 7.80. The van der Waals surface area contributed by atoms with Crippen molar-refractivity contribution in [2.45, 2.75) is 13.8 Å². The van der Waals surface area contributed by atoms with E-state index in [1.165, 1.54) is 24.3 Å². The van der Waals surface area contributed by atoms with E-state index in [9.17, 15) is 10.2 Å². The molecule has 232 valence electrons.